The first-order chi connectivity index (χ1) is 12.4. The van der Waals surface area contributed by atoms with Crippen LogP contribution in [0.4, 0.5) is 19.3 Å². The van der Waals surface area contributed by atoms with Crippen LogP contribution in [0.3, 0.4) is 0 Å². The number of nitrogens with one attached hydrogen (secondary N) is 1. The van der Waals surface area contributed by atoms with Crippen LogP contribution in [0.2, 0.25) is 0 Å². The third-order valence-corrected chi connectivity index (χ3v) is 4.73. The quantitative estimate of drug-likeness (QED) is 0.642. The van der Waals surface area contributed by atoms with Crippen LogP contribution < -0.4 is 10.1 Å². The molecule has 0 saturated heterocycles. The fourth-order valence-electron chi connectivity index (χ4n) is 2.78. The van der Waals surface area contributed by atoms with Gasteiger partial charge >= 0.3 is 0 Å². The highest BCUT2D eigenvalue weighted by Crippen LogP contribution is 2.31. The molecule has 0 saturated carbocycles. The van der Waals surface area contributed by atoms with Crippen molar-refractivity contribution in [2.45, 2.75) is 40.2 Å². The lowest BCUT2D eigenvalue weighted by molar-refractivity contribution is 0.148. The molecule has 3 nitrogen and oxygen atoms in total. The van der Waals surface area contributed by atoms with Crippen molar-refractivity contribution in [3.8, 4) is 5.75 Å². The normalized spacial score (nSPS) is 10.9. The predicted molar refractivity (Wildman–Crippen MR) is 104 cm³/mol. The second-order valence-corrected chi connectivity index (χ2v) is 6.76. The van der Waals surface area contributed by atoms with Gasteiger partial charge in [0.2, 0.25) is 0 Å². The van der Waals surface area contributed by atoms with Crippen LogP contribution in [-0.2, 0) is 13.0 Å². The standard InChI is InChI=1S/C20H23F2NO2S/c1-5-14-9-13(3)18(10-12(14)2)25-11-16-15(19(21)22)7-6-8-17(16)23-20(24)26-4/h6-10,19H,5,11H2,1-4H3,(H,23,24). The maximum Gasteiger partial charge on any atom is 0.283 e. The molecule has 0 aliphatic heterocycles. The van der Waals surface area contributed by atoms with E-state index in [4.69, 9.17) is 4.74 Å². The van der Waals surface area contributed by atoms with Gasteiger partial charge in [-0.25, -0.2) is 8.78 Å². The molecule has 1 N–H and O–H groups in total. The summed E-state index contributed by atoms with van der Waals surface area (Å²) in [4.78, 5) is 11.7. The number of anilines is 1. The van der Waals surface area contributed by atoms with E-state index in [0.717, 1.165) is 29.3 Å². The molecule has 0 aromatic heterocycles. The summed E-state index contributed by atoms with van der Waals surface area (Å²) in [7, 11) is 0. The fraction of sp³-hybridized carbons (Fsp3) is 0.350. The van der Waals surface area contributed by atoms with E-state index in [9.17, 15) is 13.6 Å². The van der Waals surface area contributed by atoms with Crippen LogP contribution in [0.15, 0.2) is 30.3 Å². The molecule has 26 heavy (non-hydrogen) atoms. The van der Waals surface area contributed by atoms with Gasteiger partial charge in [0.25, 0.3) is 11.7 Å². The highest BCUT2D eigenvalue weighted by molar-refractivity contribution is 8.13. The molecule has 0 radical (unpaired) electrons. The lowest BCUT2D eigenvalue weighted by atomic mass is 10.0. The van der Waals surface area contributed by atoms with Gasteiger partial charge in [0.05, 0.1) is 0 Å². The maximum atomic E-state index is 13.4. The minimum absolute atomic E-state index is 0.0454. The van der Waals surface area contributed by atoms with Gasteiger partial charge in [-0.05, 0) is 55.3 Å². The minimum atomic E-state index is -2.65. The average Bonchev–Trinajstić information content (AvgIpc) is 2.62. The van der Waals surface area contributed by atoms with E-state index in [-0.39, 0.29) is 17.4 Å². The van der Waals surface area contributed by atoms with Gasteiger partial charge in [0, 0.05) is 16.8 Å². The Morgan fingerprint density at radius 3 is 2.58 bits per heavy atom. The first-order valence-electron chi connectivity index (χ1n) is 8.35. The van der Waals surface area contributed by atoms with Crippen LogP contribution in [0.5, 0.6) is 5.75 Å². The van der Waals surface area contributed by atoms with Crippen molar-refractivity contribution < 1.29 is 18.3 Å². The zero-order chi connectivity index (χ0) is 19.3. The Bertz CT molecular complexity index is 794. The fourth-order valence-corrected chi connectivity index (χ4v) is 3.00. The number of thioether (sulfide) groups is 1. The summed E-state index contributed by atoms with van der Waals surface area (Å²) in [5, 5.41) is 2.34. The van der Waals surface area contributed by atoms with E-state index in [1.807, 2.05) is 19.9 Å². The Hall–Kier alpha value is -2.08. The lowest BCUT2D eigenvalue weighted by Gasteiger charge is -2.17. The molecule has 0 spiro atoms. The van der Waals surface area contributed by atoms with Crippen molar-refractivity contribution in [3.05, 3.63) is 58.1 Å². The van der Waals surface area contributed by atoms with E-state index in [0.29, 0.717) is 17.0 Å². The number of rotatable bonds is 6. The zero-order valence-electron chi connectivity index (χ0n) is 15.4. The largest absolute Gasteiger partial charge is 0.489 e. The molecular weight excluding hydrogens is 356 g/mol. The van der Waals surface area contributed by atoms with E-state index >= 15 is 0 Å². The van der Waals surface area contributed by atoms with Gasteiger partial charge in [0.1, 0.15) is 12.4 Å². The third kappa shape index (κ3) is 4.75. The molecule has 6 heteroatoms. The Morgan fingerprint density at radius 2 is 1.96 bits per heavy atom. The van der Waals surface area contributed by atoms with Gasteiger partial charge in [-0.1, -0.05) is 36.9 Å². The first-order valence-corrected chi connectivity index (χ1v) is 9.57. The van der Waals surface area contributed by atoms with Crippen LogP contribution in [0.25, 0.3) is 0 Å². The smallest absolute Gasteiger partial charge is 0.283 e. The van der Waals surface area contributed by atoms with Gasteiger partial charge in [-0.3, -0.25) is 4.79 Å². The second-order valence-electron chi connectivity index (χ2n) is 5.98. The highest BCUT2D eigenvalue weighted by atomic mass is 32.2. The number of alkyl halides is 2. The molecular formula is C20H23F2NO2S. The zero-order valence-corrected chi connectivity index (χ0v) is 16.2. The third-order valence-electron chi connectivity index (χ3n) is 4.26. The number of halogens is 2. The number of benzene rings is 2. The van der Waals surface area contributed by atoms with Crippen molar-refractivity contribution in [2.24, 2.45) is 0 Å². The molecule has 140 valence electrons. The van der Waals surface area contributed by atoms with Gasteiger partial charge in [-0.2, -0.15) is 0 Å². The van der Waals surface area contributed by atoms with Crippen LogP contribution in [0.1, 0.15) is 41.2 Å². The number of aryl methyl sites for hydroxylation is 3. The number of hydrogen-bond acceptors (Lipinski definition) is 3. The summed E-state index contributed by atoms with van der Waals surface area (Å²) >= 11 is 0.987. The molecule has 0 aliphatic rings. The number of hydrogen-bond donors (Lipinski definition) is 1. The van der Waals surface area contributed by atoms with Crippen molar-refractivity contribution in [2.75, 3.05) is 11.6 Å². The van der Waals surface area contributed by atoms with E-state index < -0.39 is 6.43 Å². The monoisotopic (exact) mass is 379 g/mol. The van der Waals surface area contributed by atoms with Crippen molar-refractivity contribution in [3.63, 3.8) is 0 Å². The molecule has 0 bridgehead atoms. The predicted octanol–water partition coefficient (Wildman–Crippen LogP) is 6.28. The molecule has 2 rings (SSSR count). The topological polar surface area (TPSA) is 38.3 Å². The summed E-state index contributed by atoms with van der Waals surface area (Å²) in [5.74, 6) is 0.658. The maximum absolute atomic E-state index is 13.4. The number of amides is 1. The van der Waals surface area contributed by atoms with Crippen LogP contribution in [-0.4, -0.2) is 11.5 Å². The molecule has 0 heterocycles. The molecule has 0 fully saturated rings. The Kier molecular flexibility index (Phi) is 7.03. The van der Waals surface area contributed by atoms with E-state index in [1.165, 1.54) is 17.7 Å². The molecule has 0 unspecified atom stereocenters. The Labute approximate surface area is 157 Å². The Morgan fingerprint density at radius 1 is 1.23 bits per heavy atom. The molecule has 0 atom stereocenters. The molecule has 2 aromatic carbocycles. The first kappa shape index (κ1) is 20.2. The summed E-state index contributed by atoms with van der Waals surface area (Å²) in [6.07, 6.45) is -0.0966. The minimum Gasteiger partial charge on any atom is -0.489 e. The van der Waals surface area contributed by atoms with E-state index in [2.05, 4.69) is 18.3 Å². The average molecular weight is 379 g/mol. The van der Waals surface area contributed by atoms with Crippen molar-refractivity contribution in [1.29, 1.82) is 0 Å². The van der Waals surface area contributed by atoms with Crippen molar-refractivity contribution >= 4 is 22.7 Å². The van der Waals surface area contributed by atoms with Gasteiger partial charge in [0.15, 0.2) is 0 Å². The van der Waals surface area contributed by atoms with Crippen LogP contribution >= 0.6 is 11.8 Å². The Balaban J connectivity index is 2.33. The molecule has 1 amide bonds. The summed E-state index contributed by atoms with van der Waals surface area (Å²) in [5.41, 5.74) is 3.80. The summed E-state index contributed by atoms with van der Waals surface area (Å²) in [6.45, 7) is 5.98. The SMILES string of the molecule is CCc1cc(C)c(OCc2c(NC(=O)SC)cccc2C(F)F)cc1C. The summed E-state index contributed by atoms with van der Waals surface area (Å²) in [6, 6.07) is 8.46. The second kappa shape index (κ2) is 9.03. The number of ether oxygens (including phenoxy) is 1. The highest BCUT2D eigenvalue weighted by Gasteiger charge is 2.18. The lowest BCUT2D eigenvalue weighted by Crippen LogP contribution is -2.11. The number of carbonyl (C=O) groups excluding carboxylic acids is 1. The van der Waals surface area contributed by atoms with E-state index in [1.54, 1.807) is 12.3 Å². The number of carbonyl (C=O) groups is 1. The van der Waals surface area contributed by atoms with Gasteiger partial charge < -0.3 is 10.1 Å². The van der Waals surface area contributed by atoms with Crippen molar-refractivity contribution in [1.82, 2.24) is 0 Å². The van der Waals surface area contributed by atoms with Crippen LogP contribution in [0, 0.1) is 13.8 Å². The molecule has 0 aliphatic carbocycles. The van der Waals surface area contributed by atoms with Gasteiger partial charge in [-0.15, -0.1) is 0 Å². The molecule has 2 aromatic rings. The summed E-state index contributed by atoms with van der Waals surface area (Å²) < 4.78 is 32.7.